The molecule has 3 nitrogen and oxygen atoms in total. The summed E-state index contributed by atoms with van der Waals surface area (Å²) in [4.78, 5) is 0. The molecule has 0 spiro atoms. The van der Waals surface area contributed by atoms with E-state index in [0.717, 1.165) is 24.8 Å². The minimum Gasteiger partial charge on any atom is -0.392 e. The molecule has 0 aliphatic heterocycles. The molecular weight excluding hydrogens is 226 g/mol. The van der Waals surface area contributed by atoms with Gasteiger partial charge in [0.15, 0.2) is 0 Å². The van der Waals surface area contributed by atoms with Crippen molar-refractivity contribution in [2.75, 3.05) is 6.54 Å². The van der Waals surface area contributed by atoms with Gasteiger partial charge in [0.25, 0.3) is 0 Å². The van der Waals surface area contributed by atoms with E-state index >= 15 is 0 Å². The van der Waals surface area contributed by atoms with Gasteiger partial charge in [0.05, 0.1) is 12.6 Å². The summed E-state index contributed by atoms with van der Waals surface area (Å²) in [7, 11) is 0. The van der Waals surface area contributed by atoms with Gasteiger partial charge in [-0.25, -0.2) is 0 Å². The van der Waals surface area contributed by atoms with Crippen LogP contribution in [-0.4, -0.2) is 28.0 Å². The summed E-state index contributed by atoms with van der Waals surface area (Å²) < 4.78 is 0. The van der Waals surface area contributed by atoms with Gasteiger partial charge < -0.3 is 10.3 Å². The van der Waals surface area contributed by atoms with Crippen LogP contribution in [-0.2, 0) is 6.54 Å². The van der Waals surface area contributed by atoms with Crippen LogP contribution in [0.15, 0.2) is 30.3 Å². The lowest BCUT2D eigenvalue weighted by Crippen LogP contribution is -2.29. The maximum absolute atomic E-state index is 9.80. The molecule has 0 saturated carbocycles. The van der Waals surface area contributed by atoms with Gasteiger partial charge in [0, 0.05) is 6.54 Å². The first-order chi connectivity index (χ1) is 8.72. The largest absolute Gasteiger partial charge is 0.392 e. The standard InChI is InChI=1S/C15H25NO2/c1-2-3-4-8-11-15(17)13-16(18)12-14-9-6-5-7-10-14/h5-7,9-10,15,17-18H,2-4,8,11-13H2,1H3. The van der Waals surface area contributed by atoms with Crippen LogP contribution in [0, 0.1) is 0 Å². The van der Waals surface area contributed by atoms with E-state index in [1.54, 1.807) is 0 Å². The SMILES string of the molecule is CCCCCCC(O)CN(O)Cc1ccccc1. The normalized spacial score (nSPS) is 12.9. The van der Waals surface area contributed by atoms with Gasteiger partial charge in [-0.1, -0.05) is 62.9 Å². The number of aliphatic hydroxyl groups is 1. The molecule has 1 atom stereocenters. The Morgan fingerprint density at radius 3 is 2.50 bits per heavy atom. The molecule has 0 bridgehead atoms. The molecule has 3 heteroatoms. The van der Waals surface area contributed by atoms with Crippen molar-refractivity contribution in [2.45, 2.75) is 51.7 Å². The second kappa shape index (κ2) is 9.09. The zero-order valence-corrected chi connectivity index (χ0v) is 11.3. The average Bonchev–Trinajstić information content (AvgIpc) is 2.35. The van der Waals surface area contributed by atoms with E-state index in [4.69, 9.17) is 0 Å². The second-order valence-electron chi connectivity index (χ2n) is 4.84. The summed E-state index contributed by atoms with van der Waals surface area (Å²) in [5, 5.41) is 20.7. The van der Waals surface area contributed by atoms with E-state index in [2.05, 4.69) is 6.92 Å². The van der Waals surface area contributed by atoms with Crippen LogP contribution in [0.4, 0.5) is 0 Å². The molecule has 0 aliphatic rings. The van der Waals surface area contributed by atoms with E-state index in [0.29, 0.717) is 13.1 Å². The molecule has 1 unspecified atom stereocenters. The average molecular weight is 251 g/mol. The molecule has 18 heavy (non-hydrogen) atoms. The van der Waals surface area contributed by atoms with Crippen molar-refractivity contribution < 1.29 is 10.3 Å². The smallest absolute Gasteiger partial charge is 0.0690 e. The number of hydrogen-bond donors (Lipinski definition) is 2. The molecule has 1 aromatic rings. The van der Waals surface area contributed by atoms with Crippen LogP contribution in [0.1, 0.15) is 44.6 Å². The van der Waals surface area contributed by atoms with Crippen LogP contribution in [0.25, 0.3) is 0 Å². The quantitative estimate of drug-likeness (QED) is 0.523. The molecule has 0 fully saturated rings. The third-order valence-electron chi connectivity index (χ3n) is 3.02. The summed E-state index contributed by atoms with van der Waals surface area (Å²) in [5.41, 5.74) is 1.05. The molecule has 0 radical (unpaired) electrons. The highest BCUT2D eigenvalue weighted by Crippen LogP contribution is 2.08. The molecule has 1 aromatic carbocycles. The van der Waals surface area contributed by atoms with Gasteiger partial charge in [0.1, 0.15) is 0 Å². The Labute approximate surface area is 110 Å². The number of rotatable bonds is 9. The molecular formula is C15H25NO2. The lowest BCUT2D eigenvalue weighted by atomic mass is 10.1. The van der Waals surface area contributed by atoms with Crippen LogP contribution in [0.2, 0.25) is 0 Å². The summed E-state index contributed by atoms with van der Waals surface area (Å²) in [6.45, 7) is 2.96. The number of unbranched alkanes of at least 4 members (excludes halogenated alkanes) is 3. The van der Waals surface area contributed by atoms with Gasteiger partial charge >= 0.3 is 0 Å². The van der Waals surface area contributed by atoms with Gasteiger partial charge in [-0.15, -0.1) is 0 Å². The number of nitrogens with zero attached hydrogens (tertiary/aromatic N) is 1. The second-order valence-corrected chi connectivity index (χ2v) is 4.84. The monoisotopic (exact) mass is 251 g/mol. The first kappa shape index (κ1) is 15.2. The number of hydroxylamine groups is 2. The van der Waals surface area contributed by atoms with Crippen molar-refractivity contribution in [3.63, 3.8) is 0 Å². The molecule has 102 valence electrons. The van der Waals surface area contributed by atoms with E-state index in [-0.39, 0.29) is 0 Å². The third kappa shape index (κ3) is 6.74. The molecule has 0 aromatic heterocycles. The number of benzene rings is 1. The Hall–Kier alpha value is -0.900. The maximum atomic E-state index is 9.80. The molecule has 0 saturated heterocycles. The Morgan fingerprint density at radius 2 is 1.83 bits per heavy atom. The lowest BCUT2D eigenvalue weighted by molar-refractivity contribution is -0.122. The van der Waals surface area contributed by atoms with E-state index in [9.17, 15) is 10.3 Å². The van der Waals surface area contributed by atoms with Crippen molar-refractivity contribution in [1.82, 2.24) is 5.06 Å². The Kier molecular flexibility index (Phi) is 7.65. The van der Waals surface area contributed by atoms with Gasteiger partial charge in [-0.2, -0.15) is 5.06 Å². The van der Waals surface area contributed by atoms with Crippen molar-refractivity contribution in [3.05, 3.63) is 35.9 Å². The Bertz CT molecular complexity index is 303. The topological polar surface area (TPSA) is 43.7 Å². The van der Waals surface area contributed by atoms with Gasteiger partial charge in [-0.3, -0.25) is 0 Å². The predicted octanol–water partition coefficient (Wildman–Crippen LogP) is 3.21. The summed E-state index contributed by atoms with van der Waals surface area (Å²) >= 11 is 0. The molecule has 0 amide bonds. The fourth-order valence-corrected chi connectivity index (χ4v) is 2.00. The van der Waals surface area contributed by atoms with Crippen molar-refractivity contribution in [2.24, 2.45) is 0 Å². The van der Waals surface area contributed by atoms with E-state index in [1.165, 1.54) is 17.9 Å². The van der Waals surface area contributed by atoms with Gasteiger partial charge in [-0.05, 0) is 12.0 Å². The molecule has 2 N–H and O–H groups in total. The van der Waals surface area contributed by atoms with Crippen LogP contribution in [0.3, 0.4) is 0 Å². The first-order valence-electron chi connectivity index (χ1n) is 6.88. The molecule has 0 aliphatic carbocycles. The van der Waals surface area contributed by atoms with Crippen LogP contribution >= 0.6 is 0 Å². The highest BCUT2D eigenvalue weighted by Gasteiger charge is 2.09. The van der Waals surface area contributed by atoms with Gasteiger partial charge in [0.2, 0.25) is 0 Å². The number of aliphatic hydroxyl groups excluding tert-OH is 1. The zero-order chi connectivity index (χ0) is 13.2. The maximum Gasteiger partial charge on any atom is 0.0690 e. The van der Waals surface area contributed by atoms with Crippen LogP contribution < -0.4 is 0 Å². The minimum atomic E-state index is -0.435. The third-order valence-corrected chi connectivity index (χ3v) is 3.02. The van der Waals surface area contributed by atoms with Crippen molar-refractivity contribution in [3.8, 4) is 0 Å². The predicted molar refractivity (Wildman–Crippen MR) is 73.4 cm³/mol. The van der Waals surface area contributed by atoms with Crippen LogP contribution in [0.5, 0.6) is 0 Å². The number of hydrogen-bond acceptors (Lipinski definition) is 3. The van der Waals surface area contributed by atoms with Crippen molar-refractivity contribution in [1.29, 1.82) is 0 Å². The zero-order valence-electron chi connectivity index (χ0n) is 11.3. The molecule has 1 rings (SSSR count). The van der Waals surface area contributed by atoms with Crippen molar-refractivity contribution >= 4 is 0 Å². The summed E-state index contributed by atoms with van der Waals surface area (Å²) in [5.74, 6) is 0. The van der Waals surface area contributed by atoms with E-state index < -0.39 is 6.10 Å². The Balaban J connectivity index is 2.17. The molecule has 0 heterocycles. The highest BCUT2D eigenvalue weighted by atomic mass is 16.5. The first-order valence-corrected chi connectivity index (χ1v) is 6.88. The minimum absolute atomic E-state index is 0.320. The summed E-state index contributed by atoms with van der Waals surface area (Å²) in [6.07, 6.45) is 4.96. The fourth-order valence-electron chi connectivity index (χ4n) is 2.00. The highest BCUT2D eigenvalue weighted by molar-refractivity contribution is 5.14. The lowest BCUT2D eigenvalue weighted by Gasteiger charge is -2.18. The summed E-state index contributed by atoms with van der Waals surface area (Å²) in [6, 6.07) is 9.79. The fraction of sp³-hybridized carbons (Fsp3) is 0.600. The Morgan fingerprint density at radius 1 is 1.11 bits per heavy atom. The van der Waals surface area contributed by atoms with E-state index in [1.807, 2.05) is 30.3 Å².